The first-order valence-corrected chi connectivity index (χ1v) is 7.35. The van der Waals surface area contributed by atoms with Crippen molar-refractivity contribution in [2.45, 2.75) is 6.54 Å². The van der Waals surface area contributed by atoms with Gasteiger partial charge in [0, 0.05) is 23.7 Å². The van der Waals surface area contributed by atoms with E-state index in [9.17, 15) is 10.1 Å². The molecule has 0 aromatic heterocycles. The third-order valence-electron chi connectivity index (χ3n) is 2.78. The quantitative estimate of drug-likeness (QED) is 0.483. The van der Waals surface area contributed by atoms with E-state index in [2.05, 4.69) is 10.6 Å². The Kier molecular flexibility index (Phi) is 5.54. The molecule has 0 aliphatic heterocycles. The summed E-state index contributed by atoms with van der Waals surface area (Å²) in [6.45, 7) is 0.496. The lowest BCUT2D eigenvalue weighted by molar-refractivity contribution is -0.384. The highest BCUT2D eigenvalue weighted by Gasteiger charge is 2.10. The molecule has 22 heavy (non-hydrogen) atoms. The largest absolute Gasteiger partial charge is 0.358 e. The van der Waals surface area contributed by atoms with Crippen molar-refractivity contribution in [3.8, 4) is 0 Å². The Bertz CT molecular complexity index is 708. The van der Waals surface area contributed by atoms with E-state index in [1.807, 2.05) is 12.1 Å². The third-order valence-corrected chi connectivity index (χ3v) is 3.60. The molecule has 0 aliphatic rings. The van der Waals surface area contributed by atoms with Gasteiger partial charge in [0.05, 0.1) is 15.6 Å². The molecule has 5 nitrogen and oxygen atoms in total. The first-order chi connectivity index (χ1) is 10.5. The van der Waals surface area contributed by atoms with E-state index in [0.717, 1.165) is 5.56 Å². The fourth-order valence-corrected chi connectivity index (χ4v) is 2.15. The number of benzene rings is 2. The van der Waals surface area contributed by atoms with Crippen LogP contribution in [0.2, 0.25) is 10.0 Å². The predicted octanol–water partition coefficient (Wildman–Crippen LogP) is 4.39. The highest BCUT2D eigenvalue weighted by molar-refractivity contribution is 7.80. The summed E-state index contributed by atoms with van der Waals surface area (Å²) in [5.41, 5.74) is 1.32. The van der Waals surface area contributed by atoms with Gasteiger partial charge in [-0.3, -0.25) is 10.1 Å². The molecular formula is C14H11Cl2N3O2S. The van der Waals surface area contributed by atoms with Crippen LogP contribution in [0.4, 0.5) is 11.4 Å². The molecule has 0 fully saturated rings. The van der Waals surface area contributed by atoms with E-state index in [-0.39, 0.29) is 5.69 Å². The standard InChI is InChI=1S/C14H11Cl2N3O2S/c15-10-3-1-9(2-4-10)8-17-14(22)18-13-7-11(19(20)21)5-6-12(13)16/h1-7H,8H2,(H2,17,18,22). The lowest BCUT2D eigenvalue weighted by atomic mass is 10.2. The van der Waals surface area contributed by atoms with Gasteiger partial charge in [-0.25, -0.2) is 0 Å². The molecule has 0 bridgehead atoms. The molecule has 2 rings (SSSR count). The molecule has 2 aromatic carbocycles. The zero-order chi connectivity index (χ0) is 16.1. The molecule has 0 atom stereocenters. The summed E-state index contributed by atoms with van der Waals surface area (Å²) in [5.74, 6) is 0. The Hall–Kier alpha value is -1.89. The monoisotopic (exact) mass is 355 g/mol. The first-order valence-electron chi connectivity index (χ1n) is 6.19. The fraction of sp³-hybridized carbons (Fsp3) is 0.0714. The van der Waals surface area contributed by atoms with Crippen LogP contribution in [0.3, 0.4) is 0 Å². The number of nitro benzene ring substituents is 1. The van der Waals surface area contributed by atoms with E-state index in [0.29, 0.717) is 27.4 Å². The highest BCUT2D eigenvalue weighted by atomic mass is 35.5. The van der Waals surface area contributed by atoms with Crippen molar-refractivity contribution in [2.75, 3.05) is 5.32 Å². The normalized spacial score (nSPS) is 10.1. The van der Waals surface area contributed by atoms with Crippen molar-refractivity contribution in [3.63, 3.8) is 0 Å². The molecule has 0 radical (unpaired) electrons. The van der Waals surface area contributed by atoms with Crippen LogP contribution in [0.5, 0.6) is 0 Å². The minimum Gasteiger partial charge on any atom is -0.358 e. The minimum absolute atomic E-state index is 0.0626. The van der Waals surface area contributed by atoms with Crippen LogP contribution in [0.25, 0.3) is 0 Å². The van der Waals surface area contributed by atoms with Crippen LogP contribution in [0, 0.1) is 10.1 Å². The van der Waals surface area contributed by atoms with E-state index >= 15 is 0 Å². The van der Waals surface area contributed by atoms with Gasteiger partial charge >= 0.3 is 0 Å². The number of nitrogens with zero attached hydrogens (tertiary/aromatic N) is 1. The van der Waals surface area contributed by atoms with Gasteiger partial charge in [-0.2, -0.15) is 0 Å². The van der Waals surface area contributed by atoms with Crippen molar-refractivity contribution in [1.29, 1.82) is 0 Å². The number of thiocarbonyl (C=S) groups is 1. The molecular weight excluding hydrogens is 345 g/mol. The Labute approximate surface area is 142 Å². The lowest BCUT2D eigenvalue weighted by Crippen LogP contribution is -2.28. The average molecular weight is 356 g/mol. The molecule has 0 unspecified atom stereocenters. The van der Waals surface area contributed by atoms with Gasteiger partial charge in [-0.1, -0.05) is 35.3 Å². The van der Waals surface area contributed by atoms with Crippen molar-refractivity contribution < 1.29 is 4.92 Å². The summed E-state index contributed by atoms with van der Waals surface area (Å²) >= 11 is 17.0. The van der Waals surface area contributed by atoms with Crippen molar-refractivity contribution in [3.05, 3.63) is 68.2 Å². The maximum Gasteiger partial charge on any atom is 0.271 e. The van der Waals surface area contributed by atoms with Crippen LogP contribution in [0.1, 0.15) is 5.56 Å². The summed E-state index contributed by atoms with van der Waals surface area (Å²) < 4.78 is 0. The number of hydrogen-bond donors (Lipinski definition) is 2. The van der Waals surface area contributed by atoms with Crippen LogP contribution < -0.4 is 10.6 Å². The molecule has 0 saturated carbocycles. The van der Waals surface area contributed by atoms with Gasteiger partial charge in [0.2, 0.25) is 0 Å². The van der Waals surface area contributed by atoms with Crippen molar-refractivity contribution in [2.24, 2.45) is 0 Å². The Morgan fingerprint density at radius 2 is 1.86 bits per heavy atom. The molecule has 8 heteroatoms. The highest BCUT2D eigenvalue weighted by Crippen LogP contribution is 2.26. The van der Waals surface area contributed by atoms with Gasteiger partial charge in [0.15, 0.2) is 5.11 Å². The number of rotatable bonds is 4. The third kappa shape index (κ3) is 4.56. The van der Waals surface area contributed by atoms with Gasteiger partial charge in [-0.05, 0) is 36.0 Å². The molecule has 2 N–H and O–H groups in total. The van der Waals surface area contributed by atoms with Crippen LogP contribution in [-0.2, 0) is 6.54 Å². The Morgan fingerprint density at radius 1 is 1.18 bits per heavy atom. The van der Waals surface area contributed by atoms with Gasteiger partial charge < -0.3 is 10.6 Å². The molecule has 0 saturated heterocycles. The van der Waals surface area contributed by atoms with Gasteiger partial charge in [0.1, 0.15) is 0 Å². The van der Waals surface area contributed by atoms with Gasteiger partial charge in [-0.15, -0.1) is 0 Å². The summed E-state index contributed by atoms with van der Waals surface area (Å²) in [4.78, 5) is 10.3. The summed E-state index contributed by atoms with van der Waals surface area (Å²) in [6, 6.07) is 11.4. The van der Waals surface area contributed by atoms with Gasteiger partial charge in [0.25, 0.3) is 5.69 Å². The second kappa shape index (κ2) is 7.40. The summed E-state index contributed by atoms with van der Waals surface area (Å²) in [6.07, 6.45) is 0. The van der Waals surface area contributed by atoms with Crippen LogP contribution >= 0.6 is 35.4 Å². The number of nitro groups is 1. The number of hydrogen-bond acceptors (Lipinski definition) is 3. The van der Waals surface area contributed by atoms with E-state index in [4.69, 9.17) is 35.4 Å². The maximum atomic E-state index is 10.8. The smallest absolute Gasteiger partial charge is 0.271 e. The fourth-order valence-electron chi connectivity index (χ4n) is 1.67. The van der Waals surface area contributed by atoms with Crippen LogP contribution in [-0.4, -0.2) is 10.0 Å². The SMILES string of the molecule is O=[N+]([O-])c1ccc(Cl)c(NC(=S)NCc2ccc(Cl)cc2)c1. The predicted molar refractivity (Wildman–Crippen MR) is 92.6 cm³/mol. The molecule has 0 aliphatic carbocycles. The second-order valence-electron chi connectivity index (χ2n) is 4.36. The second-order valence-corrected chi connectivity index (χ2v) is 5.61. The zero-order valence-electron chi connectivity index (χ0n) is 11.2. The maximum absolute atomic E-state index is 10.8. The Morgan fingerprint density at radius 3 is 2.50 bits per heavy atom. The van der Waals surface area contributed by atoms with Crippen molar-refractivity contribution in [1.82, 2.24) is 5.32 Å². The molecule has 114 valence electrons. The lowest BCUT2D eigenvalue weighted by Gasteiger charge is -2.11. The van der Waals surface area contributed by atoms with E-state index < -0.39 is 4.92 Å². The van der Waals surface area contributed by atoms with E-state index in [1.165, 1.54) is 18.2 Å². The summed E-state index contributed by atoms with van der Waals surface area (Å²) in [7, 11) is 0. The molecule has 0 amide bonds. The average Bonchev–Trinajstić information content (AvgIpc) is 2.48. The number of non-ortho nitro benzene ring substituents is 1. The minimum atomic E-state index is -0.494. The first kappa shape index (κ1) is 16.5. The molecule has 0 spiro atoms. The zero-order valence-corrected chi connectivity index (χ0v) is 13.5. The molecule has 2 aromatic rings. The number of anilines is 1. The number of nitrogens with one attached hydrogen (secondary N) is 2. The summed E-state index contributed by atoms with van der Waals surface area (Å²) in [5, 5.41) is 17.9. The van der Waals surface area contributed by atoms with Crippen molar-refractivity contribution >= 4 is 51.9 Å². The van der Waals surface area contributed by atoms with E-state index in [1.54, 1.807) is 12.1 Å². The van der Waals surface area contributed by atoms with Crippen LogP contribution in [0.15, 0.2) is 42.5 Å². The Balaban J connectivity index is 1.98. The molecule has 0 heterocycles. The topological polar surface area (TPSA) is 67.2 Å². The number of halogens is 2.